The third-order valence-electron chi connectivity index (χ3n) is 3.00. The molecule has 1 saturated carbocycles. The lowest BCUT2D eigenvalue weighted by Crippen LogP contribution is -2.27. The minimum Gasteiger partial charge on any atom is -0.396 e. The molecule has 3 N–H and O–H groups in total. The zero-order valence-electron chi connectivity index (χ0n) is 9.54. The fourth-order valence-corrected chi connectivity index (χ4v) is 1.93. The SMILES string of the molecule is CN(CCNc1cccc(Cl)c1N)C1CC1. The number of benzene rings is 1. The quantitative estimate of drug-likeness (QED) is 0.776. The molecule has 0 atom stereocenters. The van der Waals surface area contributed by atoms with Crippen molar-refractivity contribution >= 4 is 23.0 Å². The van der Waals surface area contributed by atoms with Gasteiger partial charge in [-0.3, -0.25) is 0 Å². The zero-order chi connectivity index (χ0) is 11.5. The minimum atomic E-state index is 0.612. The first-order valence-electron chi connectivity index (χ1n) is 5.66. The molecular weight excluding hydrogens is 222 g/mol. The second kappa shape index (κ2) is 4.93. The number of anilines is 2. The molecule has 88 valence electrons. The molecule has 1 aromatic carbocycles. The van der Waals surface area contributed by atoms with Crippen LogP contribution in [0, 0.1) is 0 Å². The van der Waals surface area contributed by atoms with Crippen LogP contribution >= 0.6 is 11.6 Å². The molecule has 1 aliphatic rings. The predicted molar refractivity (Wildman–Crippen MR) is 70.0 cm³/mol. The van der Waals surface area contributed by atoms with E-state index in [2.05, 4.69) is 17.3 Å². The van der Waals surface area contributed by atoms with Crippen molar-refractivity contribution in [2.75, 3.05) is 31.2 Å². The number of nitrogens with zero attached hydrogens (tertiary/aromatic N) is 1. The Bertz CT molecular complexity index is 363. The van der Waals surface area contributed by atoms with E-state index in [-0.39, 0.29) is 0 Å². The summed E-state index contributed by atoms with van der Waals surface area (Å²) in [5, 5.41) is 3.93. The Balaban J connectivity index is 1.82. The monoisotopic (exact) mass is 239 g/mol. The fourth-order valence-electron chi connectivity index (χ4n) is 1.76. The van der Waals surface area contributed by atoms with Gasteiger partial charge in [-0.25, -0.2) is 0 Å². The molecule has 0 saturated heterocycles. The van der Waals surface area contributed by atoms with E-state index in [1.54, 1.807) is 6.07 Å². The van der Waals surface area contributed by atoms with E-state index >= 15 is 0 Å². The average molecular weight is 240 g/mol. The van der Waals surface area contributed by atoms with Crippen LogP contribution in [0.3, 0.4) is 0 Å². The van der Waals surface area contributed by atoms with Crippen molar-refractivity contribution in [2.45, 2.75) is 18.9 Å². The molecule has 1 aliphatic carbocycles. The van der Waals surface area contributed by atoms with Crippen LogP contribution in [0.1, 0.15) is 12.8 Å². The van der Waals surface area contributed by atoms with Gasteiger partial charge >= 0.3 is 0 Å². The first-order valence-corrected chi connectivity index (χ1v) is 6.04. The third-order valence-corrected chi connectivity index (χ3v) is 3.33. The lowest BCUT2D eigenvalue weighted by molar-refractivity contribution is 0.337. The molecule has 1 fully saturated rings. The molecule has 0 radical (unpaired) electrons. The van der Waals surface area contributed by atoms with Gasteiger partial charge in [0.1, 0.15) is 0 Å². The summed E-state index contributed by atoms with van der Waals surface area (Å²) >= 11 is 5.94. The molecule has 0 heterocycles. The average Bonchev–Trinajstić information content (AvgIpc) is 3.07. The number of hydrogen-bond acceptors (Lipinski definition) is 3. The van der Waals surface area contributed by atoms with Crippen molar-refractivity contribution in [1.82, 2.24) is 4.90 Å². The number of nitrogens with one attached hydrogen (secondary N) is 1. The van der Waals surface area contributed by atoms with E-state index in [0.29, 0.717) is 10.7 Å². The Morgan fingerprint density at radius 1 is 1.50 bits per heavy atom. The Morgan fingerprint density at radius 3 is 2.94 bits per heavy atom. The van der Waals surface area contributed by atoms with E-state index < -0.39 is 0 Å². The molecule has 0 aliphatic heterocycles. The van der Waals surface area contributed by atoms with Gasteiger partial charge in [0.05, 0.1) is 16.4 Å². The van der Waals surface area contributed by atoms with Gasteiger partial charge in [-0.15, -0.1) is 0 Å². The van der Waals surface area contributed by atoms with Crippen LogP contribution in [-0.4, -0.2) is 31.1 Å². The first kappa shape index (κ1) is 11.6. The van der Waals surface area contributed by atoms with E-state index in [4.69, 9.17) is 17.3 Å². The van der Waals surface area contributed by atoms with Crippen molar-refractivity contribution < 1.29 is 0 Å². The zero-order valence-corrected chi connectivity index (χ0v) is 10.3. The van der Waals surface area contributed by atoms with Crippen LogP contribution in [-0.2, 0) is 0 Å². The van der Waals surface area contributed by atoms with Crippen LogP contribution in [0.2, 0.25) is 5.02 Å². The first-order chi connectivity index (χ1) is 7.68. The maximum atomic E-state index is 5.94. The number of halogens is 1. The van der Waals surface area contributed by atoms with Gasteiger partial charge in [0.15, 0.2) is 0 Å². The maximum Gasteiger partial charge on any atom is 0.0739 e. The number of rotatable bonds is 5. The molecule has 0 amide bonds. The van der Waals surface area contributed by atoms with Gasteiger partial charge in [-0.1, -0.05) is 17.7 Å². The van der Waals surface area contributed by atoms with Crippen LogP contribution in [0.15, 0.2) is 18.2 Å². The number of nitrogen functional groups attached to an aromatic ring is 1. The highest BCUT2D eigenvalue weighted by Crippen LogP contribution is 2.27. The van der Waals surface area contributed by atoms with Crippen molar-refractivity contribution in [3.05, 3.63) is 23.2 Å². The summed E-state index contributed by atoms with van der Waals surface area (Å²) in [5.41, 5.74) is 7.43. The molecule has 1 aromatic rings. The summed E-state index contributed by atoms with van der Waals surface area (Å²) in [7, 11) is 2.17. The molecular formula is C12H18ClN3. The molecule has 16 heavy (non-hydrogen) atoms. The van der Waals surface area contributed by atoms with Crippen LogP contribution in [0.5, 0.6) is 0 Å². The Hall–Kier alpha value is -0.930. The normalized spacial score (nSPS) is 15.4. The van der Waals surface area contributed by atoms with Gasteiger partial charge < -0.3 is 16.0 Å². The number of likely N-dealkylation sites (N-methyl/N-ethyl adjacent to an activating group) is 1. The van der Waals surface area contributed by atoms with Gasteiger partial charge in [-0.2, -0.15) is 0 Å². The van der Waals surface area contributed by atoms with Gasteiger partial charge in [0, 0.05) is 19.1 Å². The topological polar surface area (TPSA) is 41.3 Å². The highest BCUT2D eigenvalue weighted by atomic mass is 35.5. The van der Waals surface area contributed by atoms with E-state index in [1.165, 1.54) is 12.8 Å². The van der Waals surface area contributed by atoms with Gasteiger partial charge in [-0.05, 0) is 32.0 Å². The molecule has 0 aromatic heterocycles. The maximum absolute atomic E-state index is 5.94. The van der Waals surface area contributed by atoms with E-state index in [1.807, 2.05) is 12.1 Å². The second-order valence-corrected chi connectivity index (χ2v) is 4.75. The van der Waals surface area contributed by atoms with Crippen LogP contribution < -0.4 is 11.1 Å². The number of para-hydroxylation sites is 1. The molecule has 0 unspecified atom stereocenters. The second-order valence-electron chi connectivity index (χ2n) is 4.34. The highest BCUT2D eigenvalue weighted by molar-refractivity contribution is 6.33. The smallest absolute Gasteiger partial charge is 0.0739 e. The molecule has 2 rings (SSSR count). The predicted octanol–water partition coefficient (Wildman–Crippen LogP) is 2.43. The standard InChI is InChI=1S/C12H18ClN3/c1-16(9-5-6-9)8-7-15-11-4-2-3-10(13)12(11)14/h2-4,9,15H,5-8,14H2,1H3. The summed E-state index contributed by atoms with van der Waals surface area (Å²) in [6, 6.07) is 6.47. The summed E-state index contributed by atoms with van der Waals surface area (Å²) in [4.78, 5) is 2.38. The number of hydrogen-bond donors (Lipinski definition) is 2. The lowest BCUT2D eigenvalue weighted by atomic mass is 10.2. The fraction of sp³-hybridized carbons (Fsp3) is 0.500. The van der Waals surface area contributed by atoms with Crippen molar-refractivity contribution in [3.63, 3.8) is 0 Å². The summed E-state index contributed by atoms with van der Waals surface area (Å²) < 4.78 is 0. The van der Waals surface area contributed by atoms with Gasteiger partial charge in [0.25, 0.3) is 0 Å². The highest BCUT2D eigenvalue weighted by Gasteiger charge is 2.25. The third kappa shape index (κ3) is 2.80. The van der Waals surface area contributed by atoms with E-state index in [0.717, 1.165) is 24.8 Å². The van der Waals surface area contributed by atoms with Crippen LogP contribution in [0.25, 0.3) is 0 Å². The summed E-state index contributed by atoms with van der Waals surface area (Å²) in [6.45, 7) is 1.94. The van der Waals surface area contributed by atoms with Crippen molar-refractivity contribution in [1.29, 1.82) is 0 Å². The Labute approximate surface area is 102 Å². The molecule has 0 spiro atoms. The largest absolute Gasteiger partial charge is 0.396 e. The molecule has 4 heteroatoms. The molecule has 3 nitrogen and oxygen atoms in total. The van der Waals surface area contributed by atoms with Crippen molar-refractivity contribution in [2.24, 2.45) is 0 Å². The van der Waals surface area contributed by atoms with Crippen molar-refractivity contribution in [3.8, 4) is 0 Å². The Kier molecular flexibility index (Phi) is 3.56. The lowest BCUT2D eigenvalue weighted by Gasteiger charge is -2.17. The van der Waals surface area contributed by atoms with Crippen LogP contribution in [0.4, 0.5) is 11.4 Å². The van der Waals surface area contributed by atoms with E-state index in [9.17, 15) is 0 Å². The Morgan fingerprint density at radius 2 is 2.25 bits per heavy atom. The van der Waals surface area contributed by atoms with Gasteiger partial charge in [0.2, 0.25) is 0 Å². The molecule has 0 bridgehead atoms. The number of nitrogens with two attached hydrogens (primary N) is 1. The summed E-state index contributed by atoms with van der Waals surface area (Å²) in [6.07, 6.45) is 2.69. The minimum absolute atomic E-state index is 0.612. The summed E-state index contributed by atoms with van der Waals surface area (Å²) in [5.74, 6) is 0.